The molecule has 0 aliphatic carbocycles. The van der Waals surface area contributed by atoms with E-state index in [4.69, 9.17) is 9.63 Å². The molecule has 2 rings (SSSR count). The molecule has 19 heavy (non-hydrogen) atoms. The number of carboxylic acid groups (broad SMARTS) is 1. The Kier molecular flexibility index (Phi) is 3.57. The number of nitrogens with zero attached hydrogens (tertiary/aromatic N) is 3. The van der Waals surface area contributed by atoms with Crippen LogP contribution >= 0.6 is 0 Å². The molecule has 0 unspecified atom stereocenters. The normalized spacial score (nSPS) is 11.6. The van der Waals surface area contributed by atoms with Crippen LogP contribution in [-0.2, 0) is 16.4 Å². The Morgan fingerprint density at radius 3 is 2.95 bits per heavy atom. The van der Waals surface area contributed by atoms with Crippen LogP contribution in [-0.4, -0.2) is 46.4 Å². The van der Waals surface area contributed by atoms with Gasteiger partial charge >= 0.3 is 5.97 Å². The van der Waals surface area contributed by atoms with Crippen LogP contribution in [0.4, 0.5) is 0 Å². The highest BCUT2D eigenvalue weighted by Crippen LogP contribution is 2.11. The first kappa shape index (κ1) is 13.2. The SMILES string of the molecule is O=C(O)c1cn[nH]c1S(=O)(=O)NCCc1ncno1. The predicted octanol–water partition coefficient (Wildman–Crippen LogP) is -0.988. The number of carboxylic acids is 1. The predicted molar refractivity (Wildman–Crippen MR) is 58.7 cm³/mol. The van der Waals surface area contributed by atoms with Crippen molar-refractivity contribution in [1.29, 1.82) is 0 Å². The third-order valence-corrected chi connectivity index (χ3v) is 3.57. The summed E-state index contributed by atoms with van der Waals surface area (Å²) in [5.41, 5.74) is -0.426. The maximum atomic E-state index is 11.8. The Morgan fingerprint density at radius 1 is 1.53 bits per heavy atom. The number of aromatic nitrogens is 4. The summed E-state index contributed by atoms with van der Waals surface area (Å²) in [5, 5.41) is 17.2. The van der Waals surface area contributed by atoms with Gasteiger partial charge in [-0.15, -0.1) is 0 Å². The van der Waals surface area contributed by atoms with Crippen LogP contribution in [0.5, 0.6) is 0 Å². The fraction of sp³-hybridized carbons (Fsp3) is 0.250. The van der Waals surface area contributed by atoms with Crippen molar-refractivity contribution in [3.05, 3.63) is 24.0 Å². The van der Waals surface area contributed by atoms with E-state index in [0.717, 1.165) is 6.20 Å². The molecule has 2 aromatic rings. The number of carbonyl (C=O) groups is 1. The van der Waals surface area contributed by atoms with Gasteiger partial charge in [0.1, 0.15) is 5.56 Å². The minimum atomic E-state index is -3.98. The number of hydrogen-bond acceptors (Lipinski definition) is 7. The highest BCUT2D eigenvalue weighted by Gasteiger charge is 2.24. The molecule has 11 heteroatoms. The molecule has 2 aromatic heterocycles. The molecule has 0 saturated heterocycles. The smallest absolute Gasteiger partial charge is 0.340 e. The quantitative estimate of drug-likeness (QED) is 0.612. The van der Waals surface area contributed by atoms with E-state index in [1.54, 1.807) is 0 Å². The van der Waals surface area contributed by atoms with Crippen molar-refractivity contribution in [2.45, 2.75) is 11.4 Å². The van der Waals surface area contributed by atoms with E-state index in [2.05, 4.69) is 25.1 Å². The molecular weight excluding hydrogens is 278 g/mol. The summed E-state index contributed by atoms with van der Waals surface area (Å²) >= 11 is 0. The van der Waals surface area contributed by atoms with Crippen molar-refractivity contribution in [3.63, 3.8) is 0 Å². The van der Waals surface area contributed by atoms with Gasteiger partial charge in [-0.3, -0.25) is 5.10 Å². The molecule has 0 aliphatic heterocycles. The summed E-state index contributed by atoms with van der Waals surface area (Å²) in [7, 11) is -3.98. The minimum absolute atomic E-state index is 0.0113. The first-order chi connectivity index (χ1) is 9.00. The molecule has 0 fully saturated rings. The van der Waals surface area contributed by atoms with Gasteiger partial charge in [-0.2, -0.15) is 10.1 Å². The van der Waals surface area contributed by atoms with Crippen molar-refractivity contribution in [2.24, 2.45) is 0 Å². The number of aromatic amines is 1. The highest BCUT2D eigenvalue weighted by molar-refractivity contribution is 7.89. The first-order valence-electron chi connectivity index (χ1n) is 5.02. The van der Waals surface area contributed by atoms with E-state index in [-0.39, 0.29) is 18.9 Å². The van der Waals surface area contributed by atoms with Gasteiger partial charge in [0.2, 0.25) is 5.89 Å². The molecule has 3 N–H and O–H groups in total. The average Bonchev–Trinajstić information content (AvgIpc) is 2.99. The Bertz CT molecular complexity index is 662. The van der Waals surface area contributed by atoms with Crippen molar-refractivity contribution < 1.29 is 22.8 Å². The maximum Gasteiger partial charge on any atom is 0.340 e. The van der Waals surface area contributed by atoms with Crippen molar-refractivity contribution in [1.82, 2.24) is 25.1 Å². The van der Waals surface area contributed by atoms with E-state index < -0.39 is 26.6 Å². The number of rotatable bonds is 6. The summed E-state index contributed by atoms with van der Waals surface area (Å²) in [6, 6.07) is 0. The Balaban J connectivity index is 2.06. The molecule has 0 atom stereocenters. The van der Waals surface area contributed by atoms with E-state index in [9.17, 15) is 13.2 Å². The lowest BCUT2D eigenvalue weighted by Crippen LogP contribution is -2.27. The summed E-state index contributed by atoms with van der Waals surface area (Å²) in [6.45, 7) is -0.0113. The minimum Gasteiger partial charge on any atom is -0.478 e. The number of sulfonamides is 1. The number of hydrogen-bond donors (Lipinski definition) is 3. The summed E-state index contributed by atoms with van der Waals surface area (Å²) < 4.78 is 30.6. The molecule has 102 valence electrons. The van der Waals surface area contributed by atoms with Crippen molar-refractivity contribution in [2.75, 3.05) is 6.54 Å². The van der Waals surface area contributed by atoms with E-state index in [1.165, 1.54) is 6.33 Å². The standard InChI is InChI=1S/C8H9N5O5S/c14-8(15)5-3-10-13-7(5)19(16,17)12-2-1-6-9-4-11-18-6/h3-4,12H,1-2H2,(H,10,13)(H,14,15). The molecule has 0 amide bonds. The van der Waals surface area contributed by atoms with Gasteiger partial charge in [0.25, 0.3) is 10.0 Å². The largest absolute Gasteiger partial charge is 0.478 e. The van der Waals surface area contributed by atoms with Gasteiger partial charge in [-0.05, 0) is 0 Å². The number of H-pyrrole nitrogens is 1. The van der Waals surface area contributed by atoms with E-state index in [1.807, 2.05) is 0 Å². The monoisotopic (exact) mass is 287 g/mol. The molecule has 2 heterocycles. The second-order valence-corrected chi connectivity index (χ2v) is 5.10. The van der Waals surface area contributed by atoms with E-state index >= 15 is 0 Å². The van der Waals surface area contributed by atoms with Crippen LogP contribution in [0.25, 0.3) is 0 Å². The Morgan fingerprint density at radius 2 is 2.32 bits per heavy atom. The second-order valence-electron chi connectivity index (χ2n) is 3.40. The third-order valence-electron chi connectivity index (χ3n) is 2.14. The van der Waals surface area contributed by atoms with Crippen molar-refractivity contribution >= 4 is 16.0 Å². The molecule has 0 aliphatic rings. The van der Waals surface area contributed by atoms with Crippen LogP contribution in [0, 0.1) is 0 Å². The maximum absolute atomic E-state index is 11.8. The summed E-state index contributed by atoms with van der Waals surface area (Å²) in [4.78, 5) is 14.5. The lowest BCUT2D eigenvalue weighted by molar-refractivity contribution is 0.0692. The van der Waals surface area contributed by atoms with Gasteiger partial charge in [0.05, 0.1) is 6.20 Å². The van der Waals surface area contributed by atoms with Gasteiger partial charge in [0, 0.05) is 13.0 Å². The molecule has 10 nitrogen and oxygen atoms in total. The van der Waals surface area contributed by atoms with Gasteiger partial charge < -0.3 is 9.63 Å². The zero-order valence-corrected chi connectivity index (χ0v) is 10.2. The number of nitrogens with one attached hydrogen (secondary N) is 2. The molecular formula is C8H9N5O5S. The Hall–Kier alpha value is -2.27. The highest BCUT2D eigenvalue weighted by atomic mass is 32.2. The molecule has 0 radical (unpaired) electrons. The fourth-order valence-corrected chi connectivity index (χ4v) is 2.42. The summed E-state index contributed by atoms with van der Waals surface area (Å²) in [5.74, 6) is -1.11. The van der Waals surface area contributed by atoms with Gasteiger partial charge in [0.15, 0.2) is 11.4 Å². The van der Waals surface area contributed by atoms with Crippen LogP contribution < -0.4 is 4.72 Å². The van der Waals surface area contributed by atoms with Crippen LogP contribution in [0.15, 0.2) is 22.1 Å². The van der Waals surface area contributed by atoms with Gasteiger partial charge in [-0.1, -0.05) is 5.16 Å². The van der Waals surface area contributed by atoms with E-state index in [0.29, 0.717) is 0 Å². The third kappa shape index (κ3) is 2.95. The number of aromatic carboxylic acids is 1. The van der Waals surface area contributed by atoms with Crippen molar-refractivity contribution in [3.8, 4) is 0 Å². The van der Waals surface area contributed by atoms with Crippen LogP contribution in [0.3, 0.4) is 0 Å². The second kappa shape index (κ2) is 5.16. The summed E-state index contributed by atoms with van der Waals surface area (Å²) in [6.07, 6.45) is 2.31. The zero-order valence-electron chi connectivity index (χ0n) is 9.40. The topological polar surface area (TPSA) is 151 Å². The molecule has 0 aromatic carbocycles. The Labute approximate surface area is 106 Å². The molecule has 0 saturated carbocycles. The fourth-order valence-electron chi connectivity index (χ4n) is 1.30. The molecule has 0 bridgehead atoms. The van der Waals surface area contributed by atoms with Crippen LogP contribution in [0.1, 0.15) is 16.2 Å². The zero-order chi connectivity index (χ0) is 13.9. The average molecular weight is 287 g/mol. The lowest BCUT2D eigenvalue weighted by atomic mass is 10.4. The first-order valence-corrected chi connectivity index (χ1v) is 6.51. The van der Waals surface area contributed by atoms with Crippen LogP contribution in [0.2, 0.25) is 0 Å². The van der Waals surface area contributed by atoms with Gasteiger partial charge in [-0.25, -0.2) is 17.9 Å². The lowest BCUT2D eigenvalue weighted by Gasteiger charge is -2.03. The molecule has 0 spiro atoms.